The predicted molar refractivity (Wildman–Crippen MR) is 45.4 cm³/mol. The van der Waals surface area contributed by atoms with Crippen LogP contribution in [0.2, 0.25) is 0 Å². The monoisotopic (exact) mass is 171 g/mol. The lowest BCUT2D eigenvalue weighted by molar-refractivity contribution is 0.266. The normalized spacial score (nSPS) is 14.7. The van der Waals surface area contributed by atoms with Crippen LogP contribution in [-0.2, 0) is 0 Å². The van der Waals surface area contributed by atoms with Gasteiger partial charge in [-0.15, -0.1) is 0 Å². The number of hydrogen-bond acceptors (Lipinski definition) is 2. The van der Waals surface area contributed by atoms with Gasteiger partial charge in [-0.25, -0.2) is 4.39 Å². The molecule has 1 unspecified atom stereocenters. The van der Waals surface area contributed by atoms with Crippen LogP contribution in [0.3, 0.4) is 0 Å². The average Bonchev–Trinajstić information content (AvgIpc) is 2.32. The van der Waals surface area contributed by atoms with E-state index in [1.165, 1.54) is 12.5 Å². The van der Waals surface area contributed by atoms with Crippen molar-refractivity contribution in [2.45, 2.75) is 32.0 Å². The maximum atomic E-state index is 13.3. The standard InChI is InChI=1S/C9H14FNO/c1-9(2,11)5-8(10)7-3-4-12-6-7/h3-4,6,8H,5,11H2,1-2H3. The molecule has 2 nitrogen and oxygen atoms in total. The Morgan fingerprint density at radius 1 is 1.67 bits per heavy atom. The van der Waals surface area contributed by atoms with Crippen molar-refractivity contribution in [3.63, 3.8) is 0 Å². The minimum atomic E-state index is -1.02. The summed E-state index contributed by atoms with van der Waals surface area (Å²) in [6.07, 6.45) is 2.16. The van der Waals surface area contributed by atoms with Gasteiger partial charge in [-0.05, 0) is 19.9 Å². The molecule has 1 rings (SSSR count). The summed E-state index contributed by atoms with van der Waals surface area (Å²) in [5, 5.41) is 0. The zero-order valence-electron chi connectivity index (χ0n) is 7.38. The fourth-order valence-electron chi connectivity index (χ4n) is 1.03. The van der Waals surface area contributed by atoms with E-state index in [1.807, 2.05) is 0 Å². The molecule has 0 aliphatic carbocycles. The van der Waals surface area contributed by atoms with E-state index in [-0.39, 0.29) is 0 Å². The van der Waals surface area contributed by atoms with Crippen LogP contribution < -0.4 is 5.73 Å². The molecular weight excluding hydrogens is 157 g/mol. The molecule has 1 atom stereocenters. The molecule has 0 bridgehead atoms. The molecule has 0 amide bonds. The first-order valence-corrected chi connectivity index (χ1v) is 3.94. The van der Waals surface area contributed by atoms with Gasteiger partial charge in [0, 0.05) is 17.5 Å². The maximum absolute atomic E-state index is 13.3. The first-order valence-electron chi connectivity index (χ1n) is 3.94. The molecule has 0 aliphatic rings. The van der Waals surface area contributed by atoms with Gasteiger partial charge >= 0.3 is 0 Å². The lowest BCUT2D eigenvalue weighted by Gasteiger charge is -2.20. The highest BCUT2D eigenvalue weighted by Gasteiger charge is 2.20. The van der Waals surface area contributed by atoms with E-state index in [4.69, 9.17) is 10.2 Å². The third-order valence-electron chi connectivity index (χ3n) is 1.61. The van der Waals surface area contributed by atoms with E-state index in [0.717, 1.165) is 0 Å². The van der Waals surface area contributed by atoms with Gasteiger partial charge in [0.2, 0.25) is 0 Å². The van der Waals surface area contributed by atoms with Crippen LogP contribution in [0.5, 0.6) is 0 Å². The number of alkyl halides is 1. The predicted octanol–water partition coefficient (Wildman–Crippen LogP) is 2.42. The highest BCUT2D eigenvalue weighted by atomic mass is 19.1. The summed E-state index contributed by atoms with van der Waals surface area (Å²) < 4.78 is 18.1. The maximum Gasteiger partial charge on any atom is 0.130 e. The van der Waals surface area contributed by atoms with Gasteiger partial charge in [0.1, 0.15) is 6.17 Å². The number of halogens is 1. The largest absolute Gasteiger partial charge is 0.472 e. The second-order valence-electron chi connectivity index (χ2n) is 3.72. The van der Waals surface area contributed by atoms with E-state index >= 15 is 0 Å². The van der Waals surface area contributed by atoms with Crippen LogP contribution in [-0.4, -0.2) is 5.54 Å². The highest BCUT2D eigenvalue weighted by molar-refractivity contribution is 5.10. The molecule has 0 saturated heterocycles. The Morgan fingerprint density at radius 2 is 2.33 bits per heavy atom. The molecule has 1 aromatic heterocycles. The van der Waals surface area contributed by atoms with Crippen molar-refractivity contribution >= 4 is 0 Å². The number of nitrogens with two attached hydrogens (primary N) is 1. The van der Waals surface area contributed by atoms with Crippen molar-refractivity contribution in [3.8, 4) is 0 Å². The summed E-state index contributed by atoms with van der Waals surface area (Å²) >= 11 is 0. The first kappa shape index (κ1) is 9.26. The summed E-state index contributed by atoms with van der Waals surface area (Å²) in [5.74, 6) is 0. The fraction of sp³-hybridized carbons (Fsp3) is 0.556. The minimum Gasteiger partial charge on any atom is -0.472 e. The molecule has 0 aromatic carbocycles. The molecular formula is C9H14FNO. The lowest BCUT2D eigenvalue weighted by Crippen LogP contribution is -2.33. The van der Waals surface area contributed by atoms with E-state index in [2.05, 4.69) is 0 Å². The van der Waals surface area contributed by atoms with Gasteiger partial charge in [-0.1, -0.05) is 0 Å². The van der Waals surface area contributed by atoms with Crippen molar-refractivity contribution in [1.82, 2.24) is 0 Å². The number of rotatable bonds is 3. The van der Waals surface area contributed by atoms with Crippen molar-refractivity contribution < 1.29 is 8.81 Å². The van der Waals surface area contributed by atoms with E-state index in [0.29, 0.717) is 12.0 Å². The topological polar surface area (TPSA) is 39.2 Å². The van der Waals surface area contributed by atoms with Gasteiger partial charge in [0.05, 0.1) is 12.5 Å². The van der Waals surface area contributed by atoms with Crippen molar-refractivity contribution in [3.05, 3.63) is 24.2 Å². The molecule has 3 heteroatoms. The Kier molecular flexibility index (Phi) is 2.52. The van der Waals surface area contributed by atoms with Gasteiger partial charge in [0.25, 0.3) is 0 Å². The van der Waals surface area contributed by atoms with E-state index in [9.17, 15) is 4.39 Å². The molecule has 1 heterocycles. The van der Waals surface area contributed by atoms with Crippen LogP contribution in [0.15, 0.2) is 23.0 Å². The highest BCUT2D eigenvalue weighted by Crippen LogP contribution is 2.25. The van der Waals surface area contributed by atoms with Crippen LogP contribution >= 0.6 is 0 Å². The van der Waals surface area contributed by atoms with Crippen LogP contribution in [0.25, 0.3) is 0 Å². The van der Waals surface area contributed by atoms with Crippen molar-refractivity contribution in [2.75, 3.05) is 0 Å². The third-order valence-corrected chi connectivity index (χ3v) is 1.61. The molecule has 0 spiro atoms. The quantitative estimate of drug-likeness (QED) is 0.758. The SMILES string of the molecule is CC(C)(N)CC(F)c1ccoc1. The Hall–Kier alpha value is -0.830. The minimum absolute atomic E-state index is 0.312. The van der Waals surface area contributed by atoms with Crippen molar-refractivity contribution in [2.24, 2.45) is 5.73 Å². The molecule has 0 aliphatic heterocycles. The number of furan rings is 1. The molecule has 12 heavy (non-hydrogen) atoms. The second-order valence-corrected chi connectivity index (χ2v) is 3.72. The molecule has 0 saturated carbocycles. The smallest absolute Gasteiger partial charge is 0.130 e. The Balaban J connectivity index is 2.56. The summed E-state index contributed by atoms with van der Waals surface area (Å²) in [4.78, 5) is 0. The third kappa shape index (κ3) is 2.66. The average molecular weight is 171 g/mol. The van der Waals surface area contributed by atoms with Gasteiger partial charge in [0.15, 0.2) is 0 Å². The second kappa shape index (κ2) is 3.27. The first-order chi connectivity index (χ1) is 5.49. The zero-order chi connectivity index (χ0) is 9.19. The molecule has 2 N–H and O–H groups in total. The van der Waals surface area contributed by atoms with Crippen LogP contribution in [0, 0.1) is 0 Å². The fourth-order valence-corrected chi connectivity index (χ4v) is 1.03. The molecule has 0 radical (unpaired) electrons. The van der Waals surface area contributed by atoms with Gasteiger partial charge in [-0.3, -0.25) is 0 Å². The number of hydrogen-bond donors (Lipinski definition) is 1. The summed E-state index contributed by atoms with van der Waals surface area (Å²) in [5.41, 5.74) is 5.76. The molecule has 0 fully saturated rings. The lowest BCUT2D eigenvalue weighted by atomic mass is 9.96. The summed E-state index contributed by atoms with van der Waals surface area (Å²) in [6, 6.07) is 1.62. The van der Waals surface area contributed by atoms with Gasteiger partial charge in [-0.2, -0.15) is 0 Å². The molecule has 68 valence electrons. The van der Waals surface area contributed by atoms with E-state index in [1.54, 1.807) is 19.9 Å². The van der Waals surface area contributed by atoms with Crippen LogP contribution in [0.4, 0.5) is 4.39 Å². The summed E-state index contributed by atoms with van der Waals surface area (Å²) in [6.45, 7) is 3.61. The van der Waals surface area contributed by atoms with E-state index < -0.39 is 11.7 Å². The summed E-state index contributed by atoms with van der Waals surface area (Å²) in [7, 11) is 0. The van der Waals surface area contributed by atoms with Crippen LogP contribution in [0.1, 0.15) is 32.0 Å². The Bertz CT molecular complexity index is 225. The zero-order valence-corrected chi connectivity index (χ0v) is 7.38. The van der Waals surface area contributed by atoms with Gasteiger partial charge < -0.3 is 10.2 Å². The molecule has 1 aromatic rings. The Morgan fingerprint density at radius 3 is 2.75 bits per heavy atom. The Labute approximate surface area is 71.6 Å². The van der Waals surface area contributed by atoms with Crippen molar-refractivity contribution in [1.29, 1.82) is 0 Å².